The lowest BCUT2D eigenvalue weighted by Crippen LogP contribution is -2.10. The van der Waals surface area contributed by atoms with E-state index in [9.17, 15) is 0 Å². The summed E-state index contributed by atoms with van der Waals surface area (Å²) in [6, 6.07) is 0. The van der Waals surface area contributed by atoms with Gasteiger partial charge in [-0.3, -0.25) is 9.78 Å². The molecule has 2 heterocycles. The van der Waals surface area contributed by atoms with E-state index in [-0.39, 0.29) is 0 Å². The first kappa shape index (κ1) is 14.2. The van der Waals surface area contributed by atoms with Gasteiger partial charge in [0.2, 0.25) is 0 Å². The number of H-pyrrole nitrogens is 1. The van der Waals surface area contributed by atoms with Crippen LogP contribution in [-0.2, 0) is 24.2 Å². The van der Waals surface area contributed by atoms with Crippen molar-refractivity contribution in [2.24, 2.45) is 0 Å². The van der Waals surface area contributed by atoms with Crippen molar-refractivity contribution in [1.82, 2.24) is 24.5 Å². The average Bonchev–Trinajstić information content (AvgIpc) is 2.95. The molecule has 1 N–H and O–H groups in total. The van der Waals surface area contributed by atoms with Crippen LogP contribution in [-0.4, -0.2) is 38.3 Å². The number of halogens is 1. The Morgan fingerprint density at radius 3 is 3.00 bits per heavy atom. The quantitative estimate of drug-likeness (QED) is 0.628. The van der Waals surface area contributed by atoms with Crippen molar-refractivity contribution in [2.45, 2.75) is 25.9 Å². The number of aromatic amines is 1. The molecule has 0 aliphatic heterocycles. The molecule has 8 heteroatoms. The van der Waals surface area contributed by atoms with Gasteiger partial charge in [-0.2, -0.15) is 10.2 Å². The van der Waals surface area contributed by atoms with Crippen LogP contribution in [0, 0.1) is 4.77 Å². The molecule has 0 aromatic carbocycles. The second-order valence-corrected chi connectivity index (χ2v) is 4.94. The maximum Gasteiger partial charge on any atom is 0.195 e. The van der Waals surface area contributed by atoms with Gasteiger partial charge in [0.1, 0.15) is 5.82 Å². The molecule has 0 saturated heterocycles. The van der Waals surface area contributed by atoms with Crippen molar-refractivity contribution in [3.05, 3.63) is 28.0 Å². The number of hydrogen-bond donors (Lipinski definition) is 1. The number of aromatic nitrogens is 5. The van der Waals surface area contributed by atoms with E-state index in [2.05, 4.69) is 15.3 Å². The highest BCUT2D eigenvalue weighted by Gasteiger charge is 2.06. The maximum atomic E-state index is 5.82. The molecule has 0 spiro atoms. The lowest BCUT2D eigenvalue weighted by molar-refractivity contribution is 0.190. The minimum absolute atomic E-state index is 0.638. The molecule has 0 atom stereocenters. The van der Waals surface area contributed by atoms with Gasteiger partial charge in [-0.1, -0.05) is 11.6 Å². The van der Waals surface area contributed by atoms with E-state index in [0.29, 0.717) is 16.4 Å². The second-order valence-electron chi connectivity index (χ2n) is 4.11. The number of ether oxygens (including phenoxy) is 1. The monoisotopic (exact) mass is 301 g/mol. The van der Waals surface area contributed by atoms with E-state index in [1.54, 1.807) is 24.2 Å². The standard InChI is InChI=1S/C11H16ClN5OS/c1-18-6-2-4-17-10(14-15-11(17)19)3-5-16-8-9(12)7-13-16/h7-8H,2-6H2,1H3,(H,15,19). The molecule has 0 bridgehead atoms. The largest absolute Gasteiger partial charge is 0.385 e. The minimum Gasteiger partial charge on any atom is -0.385 e. The molecule has 0 unspecified atom stereocenters. The molecule has 0 aliphatic carbocycles. The Morgan fingerprint density at radius 2 is 2.32 bits per heavy atom. The Kier molecular flexibility index (Phi) is 5.12. The van der Waals surface area contributed by atoms with Crippen LogP contribution in [0.3, 0.4) is 0 Å². The lowest BCUT2D eigenvalue weighted by Gasteiger charge is -2.06. The summed E-state index contributed by atoms with van der Waals surface area (Å²) in [5.74, 6) is 0.924. The Labute approximate surface area is 121 Å². The first-order valence-electron chi connectivity index (χ1n) is 6.01. The van der Waals surface area contributed by atoms with Crippen molar-refractivity contribution in [3.63, 3.8) is 0 Å². The Bertz CT molecular complexity index is 576. The summed E-state index contributed by atoms with van der Waals surface area (Å²) < 4.78 is 9.48. The van der Waals surface area contributed by atoms with E-state index in [1.807, 2.05) is 4.57 Å². The van der Waals surface area contributed by atoms with Crippen LogP contribution in [0.4, 0.5) is 0 Å². The van der Waals surface area contributed by atoms with Crippen LogP contribution in [0.25, 0.3) is 0 Å². The van der Waals surface area contributed by atoms with Gasteiger partial charge < -0.3 is 9.30 Å². The maximum absolute atomic E-state index is 5.82. The topological polar surface area (TPSA) is 60.7 Å². The predicted molar refractivity (Wildman–Crippen MR) is 74.8 cm³/mol. The number of aryl methyl sites for hydroxylation is 2. The highest BCUT2D eigenvalue weighted by Crippen LogP contribution is 2.07. The summed E-state index contributed by atoms with van der Waals surface area (Å²) in [6.45, 7) is 2.23. The first-order valence-corrected chi connectivity index (χ1v) is 6.80. The van der Waals surface area contributed by atoms with Gasteiger partial charge in [-0.15, -0.1) is 0 Å². The third-order valence-electron chi connectivity index (χ3n) is 2.73. The van der Waals surface area contributed by atoms with Crippen LogP contribution in [0.2, 0.25) is 5.02 Å². The molecule has 19 heavy (non-hydrogen) atoms. The van der Waals surface area contributed by atoms with E-state index < -0.39 is 0 Å². The molecule has 0 radical (unpaired) electrons. The van der Waals surface area contributed by atoms with Gasteiger partial charge >= 0.3 is 0 Å². The van der Waals surface area contributed by atoms with Gasteiger partial charge in [0, 0.05) is 39.4 Å². The number of hydrogen-bond acceptors (Lipinski definition) is 4. The SMILES string of the molecule is COCCCn1c(CCn2cc(Cl)cn2)n[nH]c1=S. The Hall–Kier alpha value is -1.18. The summed E-state index contributed by atoms with van der Waals surface area (Å²) >= 11 is 11.0. The second kappa shape index (κ2) is 6.83. The molecular weight excluding hydrogens is 286 g/mol. The first-order chi connectivity index (χ1) is 9.20. The molecule has 6 nitrogen and oxygen atoms in total. The van der Waals surface area contributed by atoms with E-state index >= 15 is 0 Å². The number of nitrogens with zero attached hydrogens (tertiary/aromatic N) is 4. The molecular formula is C11H16ClN5OS. The lowest BCUT2D eigenvalue weighted by atomic mass is 10.3. The summed E-state index contributed by atoms with van der Waals surface area (Å²) in [4.78, 5) is 0. The molecule has 2 rings (SSSR count). The zero-order valence-electron chi connectivity index (χ0n) is 10.7. The highest BCUT2D eigenvalue weighted by atomic mass is 35.5. The Morgan fingerprint density at radius 1 is 1.47 bits per heavy atom. The van der Waals surface area contributed by atoms with Crippen molar-refractivity contribution >= 4 is 23.8 Å². The van der Waals surface area contributed by atoms with Crippen molar-refractivity contribution < 1.29 is 4.74 Å². The predicted octanol–water partition coefficient (Wildman–Crippen LogP) is 2.07. The summed E-state index contributed by atoms with van der Waals surface area (Å²) in [6.07, 6.45) is 5.07. The average molecular weight is 302 g/mol. The molecule has 104 valence electrons. The Balaban J connectivity index is 1.98. The fourth-order valence-electron chi connectivity index (χ4n) is 1.81. The van der Waals surface area contributed by atoms with Crippen LogP contribution >= 0.6 is 23.8 Å². The van der Waals surface area contributed by atoms with E-state index in [0.717, 1.165) is 31.8 Å². The molecule has 0 aliphatic rings. The van der Waals surface area contributed by atoms with Gasteiger partial charge in [-0.25, -0.2) is 0 Å². The fraction of sp³-hybridized carbons (Fsp3) is 0.545. The molecule has 0 amide bonds. The number of methoxy groups -OCH3 is 1. The summed E-state index contributed by atoms with van der Waals surface area (Å²) in [5.41, 5.74) is 0. The zero-order chi connectivity index (χ0) is 13.7. The minimum atomic E-state index is 0.638. The summed E-state index contributed by atoms with van der Waals surface area (Å²) in [7, 11) is 1.69. The number of rotatable bonds is 7. The highest BCUT2D eigenvalue weighted by molar-refractivity contribution is 7.71. The van der Waals surface area contributed by atoms with Gasteiger partial charge in [0.05, 0.1) is 11.2 Å². The van der Waals surface area contributed by atoms with Crippen LogP contribution < -0.4 is 0 Å². The van der Waals surface area contributed by atoms with Crippen LogP contribution in [0.1, 0.15) is 12.2 Å². The molecule has 0 saturated carbocycles. The van der Waals surface area contributed by atoms with Crippen molar-refractivity contribution in [3.8, 4) is 0 Å². The smallest absolute Gasteiger partial charge is 0.195 e. The summed E-state index contributed by atoms with van der Waals surface area (Å²) in [5, 5.41) is 11.8. The van der Waals surface area contributed by atoms with Gasteiger partial charge in [0.25, 0.3) is 0 Å². The fourth-order valence-corrected chi connectivity index (χ4v) is 2.21. The molecule has 2 aromatic heterocycles. The molecule has 2 aromatic rings. The third kappa shape index (κ3) is 3.89. The van der Waals surface area contributed by atoms with Crippen LogP contribution in [0.5, 0.6) is 0 Å². The van der Waals surface area contributed by atoms with Gasteiger partial charge in [-0.05, 0) is 18.6 Å². The van der Waals surface area contributed by atoms with E-state index in [1.165, 1.54) is 0 Å². The van der Waals surface area contributed by atoms with Gasteiger partial charge in [0.15, 0.2) is 4.77 Å². The van der Waals surface area contributed by atoms with Crippen molar-refractivity contribution in [2.75, 3.05) is 13.7 Å². The third-order valence-corrected chi connectivity index (χ3v) is 3.24. The normalized spacial score (nSPS) is 11.1. The number of nitrogens with one attached hydrogen (secondary N) is 1. The zero-order valence-corrected chi connectivity index (χ0v) is 12.2. The molecule has 0 fully saturated rings. The van der Waals surface area contributed by atoms with Crippen molar-refractivity contribution in [1.29, 1.82) is 0 Å². The van der Waals surface area contributed by atoms with E-state index in [4.69, 9.17) is 28.6 Å². The van der Waals surface area contributed by atoms with Crippen LogP contribution in [0.15, 0.2) is 12.4 Å².